The summed E-state index contributed by atoms with van der Waals surface area (Å²) in [5.41, 5.74) is 10.3. The van der Waals surface area contributed by atoms with E-state index in [1.807, 2.05) is 0 Å². The minimum atomic E-state index is -3.21. The van der Waals surface area contributed by atoms with Crippen molar-refractivity contribution in [1.82, 2.24) is 10.0 Å². The largest absolute Gasteiger partial charge is 0.370 e. The van der Waals surface area contributed by atoms with Gasteiger partial charge in [0.2, 0.25) is 21.8 Å². The van der Waals surface area contributed by atoms with Gasteiger partial charge in [-0.15, -0.1) is 0 Å². The number of carbonyl (C=O) groups excluding carboxylic acids is 2. The number of hydrogen-bond donors (Lipinski definition) is 4. The summed E-state index contributed by atoms with van der Waals surface area (Å²) in [6.45, 7) is 0.498. The molecule has 0 aliphatic heterocycles. The van der Waals surface area contributed by atoms with E-state index in [-0.39, 0.29) is 19.5 Å². The lowest BCUT2D eigenvalue weighted by atomic mass is 10.2. The quantitative estimate of drug-likeness (QED) is 0.352. The van der Waals surface area contributed by atoms with Crippen molar-refractivity contribution < 1.29 is 18.0 Å². The Balaban J connectivity index is 3.68. The van der Waals surface area contributed by atoms with Gasteiger partial charge in [0.05, 0.1) is 18.7 Å². The van der Waals surface area contributed by atoms with E-state index in [0.29, 0.717) is 6.42 Å². The molecule has 2 amide bonds. The zero-order chi connectivity index (χ0) is 13.5. The second-order valence-electron chi connectivity index (χ2n) is 3.59. The maximum absolute atomic E-state index is 11.3. The Labute approximate surface area is 100 Å². The van der Waals surface area contributed by atoms with E-state index in [1.165, 1.54) is 0 Å². The summed E-state index contributed by atoms with van der Waals surface area (Å²) in [7, 11) is -3.21. The van der Waals surface area contributed by atoms with E-state index in [9.17, 15) is 18.0 Å². The number of amides is 2. The Hall–Kier alpha value is -1.19. The molecule has 0 aromatic rings. The SMILES string of the molecule is CS(=O)(=O)NCCCNC(=O)C(N)CC(N)=O. The van der Waals surface area contributed by atoms with E-state index in [2.05, 4.69) is 10.0 Å². The fourth-order valence-electron chi connectivity index (χ4n) is 0.998. The zero-order valence-electron chi connectivity index (χ0n) is 9.60. The predicted molar refractivity (Wildman–Crippen MR) is 62.3 cm³/mol. The molecule has 9 heteroatoms. The summed E-state index contributed by atoms with van der Waals surface area (Å²) in [4.78, 5) is 21.7. The molecule has 0 heterocycles. The fourth-order valence-corrected chi connectivity index (χ4v) is 1.51. The molecule has 100 valence electrons. The Morgan fingerprint density at radius 2 is 1.88 bits per heavy atom. The number of rotatable bonds is 8. The summed E-state index contributed by atoms with van der Waals surface area (Å²) in [6.07, 6.45) is 1.27. The second kappa shape index (κ2) is 7.20. The van der Waals surface area contributed by atoms with Crippen molar-refractivity contribution in [3.8, 4) is 0 Å². The van der Waals surface area contributed by atoms with Gasteiger partial charge in [0.1, 0.15) is 0 Å². The third kappa shape index (κ3) is 9.72. The highest BCUT2D eigenvalue weighted by atomic mass is 32.2. The molecule has 0 radical (unpaired) electrons. The molecule has 0 saturated heterocycles. The maximum atomic E-state index is 11.3. The van der Waals surface area contributed by atoms with Crippen molar-refractivity contribution in [2.45, 2.75) is 18.9 Å². The van der Waals surface area contributed by atoms with Crippen LogP contribution in [0.3, 0.4) is 0 Å². The normalized spacial score (nSPS) is 13.1. The Kier molecular flexibility index (Phi) is 6.69. The fraction of sp³-hybridized carbons (Fsp3) is 0.750. The van der Waals surface area contributed by atoms with Crippen LogP contribution in [-0.2, 0) is 19.6 Å². The molecule has 0 aliphatic carbocycles. The monoisotopic (exact) mass is 266 g/mol. The molecular formula is C8H18N4O4S. The molecule has 0 rings (SSSR count). The molecule has 0 saturated carbocycles. The molecule has 0 aromatic heterocycles. The first-order valence-corrected chi connectivity index (χ1v) is 6.87. The summed E-state index contributed by atoms with van der Waals surface area (Å²) in [5, 5.41) is 2.47. The van der Waals surface area contributed by atoms with Crippen LogP contribution in [0.15, 0.2) is 0 Å². The van der Waals surface area contributed by atoms with Crippen molar-refractivity contribution in [3.63, 3.8) is 0 Å². The van der Waals surface area contributed by atoms with E-state index in [0.717, 1.165) is 6.26 Å². The van der Waals surface area contributed by atoms with Gasteiger partial charge in [-0.25, -0.2) is 13.1 Å². The lowest BCUT2D eigenvalue weighted by Gasteiger charge is -2.10. The van der Waals surface area contributed by atoms with E-state index < -0.39 is 27.9 Å². The minimum absolute atomic E-state index is 0.215. The number of nitrogens with one attached hydrogen (secondary N) is 2. The van der Waals surface area contributed by atoms with Gasteiger partial charge in [-0.05, 0) is 6.42 Å². The average molecular weight is 266 g/mol. The van der Waals surface area contributed by atoms with Crippen LogP contribution in [0.1, 0.15) is 12.8 Å². The summed E-state index contributed by atoms with van der Waals surface area (Å²) < 4.78 is 23.6. The van der Waals surface area contributed by atoms with Crippen LogP contribution < -0.4 is 21.5 Å². The van der Waals surface area contributed by atoms with Crippen molar-refractivity contribution in [2.24, 2.45) is 11.5 Å². The topological polar surface area (TPSA) is 144 Å². The Bertz CT molecular complexity index is 368. The molecule has 0 fully saturated rings. The highest BCUT2D eigenvalue weighted by molar-refractivity contribution is 7.88. The first kappa shape index (κ1) is 15.8. The molecule has 0 aromatic carbocycles. The van der Waals surface area contributed by atoms with Crippen molar-refractivity contribution in [2.75, 3.05) is 19.3 Å². The van der Waals surface area contributed by atoms with Gasteiger partial charge in [0.15, 0.2) is 0 Å². The molecule has 8 nitrogen and oxygen atoms in total. The van der Waals surface area contributed by atoms with Gasteiger partial charge < -0.3 is 16.8 Å². The molecule has 0 bridgehead atoms. The average Bonchev–Trinajstić information content (AvgIpc) is 2.13. The summed E-state index contributed by atoms with van der Waals surface area (Å²) in [5.74, 6) is -1.13. The minimum Gasteiger partial charge on any atom is -0.370 e. The zero-order valence-corrected chi connectivity index (χ0v) is 10.4. The highest BCUT2D eigenvalue weighted by Gasteiger charge is 2.14. The lowest BCUT2D eigenvalue weighted by molar-refractivity contribution is -0.126. The number of hydrogen-bond acceptors (Lipinski definition) is 5. The number of sulfonamides is 1. The van der Waals surface area contributed by atoms with Crippen molar-refractivity contribution in [1.29, 1.82) is 0 Å². The van der Waals surface area contributed by atoms with Crippen molar-refractivity contribution in [3.05, 3.63) is 0 Å². The Morgan fingerprint density at radius 1 is 1.29 bits per heavy atom. The van der Waals surface area contributed by atoms with E-state index >= 15 is 0 Å². The van der Waals surface area contributed by atoms with E-state index in [4.69, 9.17) is 11.5 Å². The van der Waals surface area contributed by atoms with Crippen LogP contribution in [0.25, 0.3) is 0 Å². The predicted octanol–water partition coefficient (Wildman–Crippen LogP) is -2.76. The smallest absolute Gasteiger partial charge is 0.237 e. The van der Waals surface area contributed by atoms with Crippen LogP contribution in [0, 0.1) is 0 Å². The molecule has 17 heavy (non-hydrogen) atoms. The van der Waals surface area contributed by atoms with Gasteiger partial charge in [0, 0.05) is 13.1 Å². The molecular weight excluding hydrogens is 248 g/mol. The van der Waals surface area contributed by atoms with Gasteiger partial charge in [-0.2, -0.15) is 0 Å². The molecule has 0 spiro atoms. The van der Waals surface area contributed by atoms with Crippen LogP contribution in [0.4, 0.5) is 0 Å². The van der Waals surface area contributed by atoms with Crippen LogP contribution >= 0.6 is 0 Å². The third-order valence-electron chi connectivity index (χ3n) is 1.77. The number of carbonyl (C=O) groups is 2. The first-order chi connectivity index (χ1) is 7.72. The molecule has 1 atom stereocenters. The molecule has 0 aliphatic rings. The second-order valence-corrected chi connectivity index (χ2v) is 5.42. The number of primary amides is 1. The maximum Gasteiger partial charge on any atom is 0.237 e. The molecule has 1 unspecified atom stereocenters. The van der Waals surface area contributed by atoms with Crippen LogP contribution in [-0.4, -0.2) is 45.6 Å². The van der Waals surface area contributed by atoms with Gasteiger partial charge >= 0.3 is 0 Å². The van der Waals surface area contributed by atoms with Crippen molar-refractivity contribution >= 4 is 21.8 Å². The standard InChI is InChI=1S/C8H18N4O4S/c1-17(15,16)12-4-2-3-11-8(14)6(9)5-7(10)13/h6,12H,2-5,9H2,1H3,(H2,10,13)(H,11,14). The molecule has 6 N–H and O–H groups in total. The first-order valence-electron chi connectivity index (χ1n) is 4.98. The highest BCUT2D eigenvalue weighted by Crippen LogP contribution is 1.87. The van der Waals surface area contributed by atoms with Gasteiger partial charge in [-0.3, -0.25) is 9.59 Å². The summed E-state index contributed by atoms with van der Waals surface area (Å²) in [6, 6.07) is -0.963. The van der Waals surface area contributed by atoms with E-state index in [1.54, 1.807) is 0 Å². The Morgan fingerprint density at radius 3 is 2.35 bits per heavy atom. The van der Waals surface area contributed by atoms with Gasteiger partial charge in [0.25, 0.3) is 0 Å². The third-order valence-corrected chi connectivity index (χ3v) is 2.50. The van der Waals surface area contributed by atoms with Gasteiger partial charge in [-0.1, -0.05) is 0 Å². The van der Waals surface area contributed by atoms with Crippen LogP contribution in [0.2, 0.25) is 0 Å². The van der Waals surface area contributed by atoms with Crippen LogP contribution in [0.5, 0.6) is 0 Å². The summed E-state index contributed by atoms with van der Waals surface area (Å²) >= 11 is 0. The lowest BCUT2D eigenvalue weighted by Crippen LogP contribution is -2.43. The number of nitrogens with two attached hydrogens (primary N) is 2.